The quantitative estimate of drug-likeness (QED) is 0.790. The van der Waals surface area contributed by atoms with Crippen molar-refractivity contribution in [2.75, 3.05) is 7.18 Å². The van der Waals surface area contributed by atoms with Crippen molar-refractivity contribution in [3.63, 3.8) is 0 Å². The van der Waals surface area contributed by atoms with Crippen LogP contribution in [-0.2, 0) is 6.54 Å². The SMILES string of the molecule is CF.NCc1ccc(S(F)(F)(F)(F)F)cc1. The topological polar surface area (TPSA) is 26.0 Å². The number of alkyl halides is 1. The van der Waals surface area contributed by atoms with Crippen LogP contribution < -0.4 is 5.73 Å². The van der Waals surface area contributed by atoms with Crippen molar-refractivity contribution < 1.29 is 23.8 Å². The fraction of sp³-hybridized carbons (Fsp3) is 0.250. The van der Waals surface area contributed by atoms with Gasteiger partial charge in [0.05, 0.1) is 7.18 Å². The molecule has 1 aromatic rings. The van der Waals surface area contributed by atoms with Crippen LogP contribution in [-0.4, -0.2) is 7.18 Å². The van der Waals surface area contributed by atoms with Gasteiger partial charge in [-0.25, -0.2) is 0 Å². The normalized spacial score (nSPS) is 15.5. The Morgan fingerprint density at radius 2 is 1.31 bits per heavy atom. The smallest absolute Gasteiger partial charge is 0.310 e. The molecule has 0 heterocycles. The first-order chi connectivity index (χ1) is 7.03. The third kappa shape index (κ3) is 4.31. The molecule has 0 unspecified atom stereocenters. The molecule has 16 heavy (non-hydrogen) atoms. The number of rotatable bonds is 2. The van der Waals surface area contributed by atoms with Gasteiger partial charge >= 0.3 is 10.2 Å². The number of halogens is 6. The van der Waals surface area contributed by atoms with Crippen molar-refractivity contribution in [1.29, 1.82) is 0 Å². The van der Waals surface area contributed by atoms with E-state index in [1.54, 1.807) is 0 Å². The lowest BCUT2D eigenvalue weighted by Gasteiger charge is -2.40. The van der Waals surface area contributed by atoms with Gasteiger partial charge in [-0.2, -0.15) is 0 Å². The van der Waals surface area contributed by atoms with Crippen LogP contribution in [0.1, 0.15) is 5.56 Å². The van der Waals surface area contributed by atoms with Gasteiger partial charge in [0, 0.05) is 6.54 Å². The lowest BCUT2D eigenvalue weighted by atomic mass is 10.2. The van der Waals surface area contributed by atoms with E-state index in [4.69, 9.17) is 5.73 Å². The second kappa shape index (κ2) is 3.85. The fourth-order valence-corrected chi connectivity index (χ4v) is 1.53. The van der Waals surface area contributed by atoms with Crippen LogP contribution in [0.2, 0.25) is 0 Å². The molecule has 0 radical (unpaired) electrons. The number of nitrogens with two attached hydrogens (primary N) is 1. The monoisotopic (exact) mass is 267 g/mol. The van der Waals surface area contributed by atoms with Gasteiger partial charge in [-0.1, -0.05) is 31.6 Å². The maximum absolute atomic E-state index is 12.2. The molecular weight excluding hydrogens is 256 g/mol. The van der Waals surface area contributed by atoms with Gasteiger partial charge < -0.3 is 5.73 Å². The molecule has 1 rings (SSSR count). The lowest BCUT2D eigenvalue weighted by Crippen LogP contribution is -2.06. The van der Waals surface area contributed by atoms with Crippen LogP contribution >= 0.6 is 10.2 Å². The first-order valence-electron chi connectivity index (χ1n) is 3.94. The number of hydrogen-bond donors (Lipinski definition) is 1. The average molecular weight is 267 g/mol. The van der Waals surface area contributed by atoms with E-state index < -0.39 is 15.1 Å². The molecule has 1 aromatic carbocycles. The second-order valence-corrected chi connectivity index (χ2v) is 5.23. The largest absolute Gasteiger partial charge is 0.326 e. The molecule has 0 aliphatic carbocycles. The molecular formula is C8H11F6NS. The van der Waals surface area contributed by atoms with Gasteiger partial charge in [0.15, 0.2) is 0 Å². The van der Waals surface area contributed by atoms with Crippen LogP contribution in [0.5, 0.6) is 0 Å². The fourth-order valence-electron chi connectivity index (χ4n) is 0.883. The van der Waals surface area contributed by atoms with E-state index in [2.05, 4.69) is 0 Å². The van der Waals surface area contributed by atoms with E-state index in [1.807, 2.05) is 0 Å². The van der Waals surface area contributed by atoms with Crippen LogP contribution in [0, 0.1) is 0 Å². The van der Waals surface area contributed by atoms with Gasteiger partial charge in [0.25, 0.3) is 0 Å². The highest BCUT2D eigenvalue weighted by Crippen LogP contribution is 3.02. The molecule has 1 nitrogen and oxygen atoms in total. The molecule has 0 aliphatic heterocycles. The Morgan fingerprint density at radius 3 is 1.56 bits per heavy atom. The summed E-state index contributed by atoms with van der Waals surface area (Å²) in [7, 11) is -9.01. The standard InChI is InChI=1S/C7H8F5NS.CH3F/c8-14(9,10,11,12)7-3-1-6(5-13)2-4-7;1-2/h1-4H,5,13H2;1H3. The molecule has 0 atom stereocenters. The predicted octanol–water partition coefficient (Wildman–Crippen LogP) is 4.39. The van der Waals surface area contributed by atoms with E-state index in [0.717, 1.165) is 12.1 Å². The molecule has 0 aliphatic rings. The Balaban J connectivity index is 0.00000106. The van der Waals surface area contributed by atoms with Crippen LogP contribution in [0.4, 0.5) is 23.8 Å². The van der Waals surface area contributed by atoms with E-state index in [-0.39, 0.29) is 6.54 Å². The van der Waals surface area contributed by atoms with Crippen molar-refractivity contribution in [1.82, 2.24) is 0 Å². The molecule has 8 heteroatoms. The molecule has 0 saturated carbocycles. The summed E-state index contributed by atoms with van der Waals surface area (Å²) in [5, 5.41) is 0. The van der Waals surface area contributed by atoms with Gasteiger partial charge in [-0.05, 0) is 17.7 Å². The zero-order chi connectivity index (χ0) is 13.1. The summed E-state index contributed by atoms with van der Waals surface area (Å²) in [6.07, 6.45) is 0. The molecule has 96 valence electrons. The molecule has 2 N–H and O–H groups in total. The second-order valence-electron chi connectivity index (χ2n) is 2.82. The highest BCUT2D eigenvalue weighted by atomic mass is 32.5. The molecule has 0 fully saturated rings. The highest BCUT2D eigenvalue weighted by Gasteiger charge is 2.65. The van der Waals surface area contributed by atoms with E-state index in [1.165, 1.54) is 0 Å². The molecule has 0 amide bonds. The summed E-state index contributed by atoms with van der Waals surface area (Å²) in [6.45, 7) is 0.0145. The maximum Gasteiger partial charge on any atom is 0.310 e. The van der Waals surface area contributed by atoms with Crippen molar-refractivity contribution in [2.45, 2.75) is 11.4 Å². The number of benzene rings is 1. The average Bonchev–Trinajstić information content (AvgIpc) is 2.18. The predicted molar refractivity (Wildman–Crippen MR) is 52.8 cm³/mol. The van der Waals surface area contributed by atoms with E-state index in [9.17, 15) is 23.8 Å². The Hall–Kier alpha value is -0.890. The van der Waals surface area contributed by atoms with Crippen LogP contribution in [0.25, 0.3) is 0 Å². The summed E-state index contributed by atoms with van der Waals surface area (Å²) in [6, 6.07) is 2.58. The highest BCUT2D eigenvalue weighted by molar-refractivity contribution is 8.45. The van der Waals surface area contributed by atoms with Crippen molar-refractivity contribution >= 4 is 10.2 Å². The Labute approximate surface area is 89.0 Å². The minimum Gasteiger partial charge on any atom is -0.326 e. The van der Waals surface area contributed by atoms with Gasteiger partial charge in [0.2, 0.25) is 0 Å². The first-order valence-corrected chi connectivity index (χ1v) is 5.89. The first kappa shape index (κ1) is 15.1. The minimum atomic E-state index is -9.51. The summed E-state index contributed by atoms with van der Waals surface area (Å²) in [5.74, 6) is 0. The molecule has 0 spiro atoms. The van der Waals surface area contributed by atoms with Crippen LogP contribution in [0.15, 0.2) is 29.2 Å². The summed E-state index contributed by atoms with van der Waals surface area (Å²) < 4.78 is 70.3. The van der Waals surface area contributed by atoms with Gasteiger partial charge in [-0.15, -0.1) is 0 Å². The zero-order valence-corrected chi connectivity index (χ0v) is 9.09. The molecule has 0 bridgehead atoms. The lowest BCUT2D eigenvalue weighted by molar-refractivity contribution is 0.364. The van der Waals surface area contributed by atoms with Gasteiger partial charge in [0.1, 0.15) is 4.90 Å². The molecule has 0 saturated heterocycles. The van der Waals surface area contributed by atoms with Crippen LogP contribution in [0.3, 0.4) is 0 Å². The third-order valence-corrected chi connectivity index (χ3v) is 2.77. The summed E-state index contributed by atoms with van der Waals surface area (Å²) in [5.41, 5.74) is 5.49. The molecule has 0 aromatic heterocycles. The summed E-state index contributed by atoms with van der Waals surface area (Å²) >= 11 is 0. The Bertz CT molecular complexity index is 342. The van der Waals surface area contributed by atoms with Gasteiger partial charge in [-0.3, -0.25) is 4.39 Å². The number of hydrogen-bond acceptors (Lipinski definition) is 1. The summed E-state index contributed by atoms with van der Waals surface area (Å²) in [4.78, 5) is -1.89. The Kier molecular flexibility index (Phi) is 3.63. The van der Waals surface area contributed by atoms with Crippen molar-refractivity contribution in [2.24, 2.45) is 5.73 Å². The van der Waals surface area contributed by atoms with Crippen molar-refractivity contribution in [3.05, 3.63) is 29.8 Å². The van der Waals surface area contributed by atoms with E-state index in [0.29, 0.717) is 24.9 Å². The zero-order valence-electron chi connectivity index (χ0n) is 8.27. The third-order valence-electron chi connectivity index (χ3n) is 1.60. The van der Waals surface area contributed by atoms with Crippen molar-refractivity contribution in [3.8, 4) is 0 Å². The minimum absolute atomic E-state index is 0.0145. The van der Waals surface area contributed by atoms with E-state index >= 15 is 0 Å². The Morgan fingerprint density at radius 1 is 0.938 bits per heavy atom. The maximum atomic E-state index is 12.2.